The zero-order valence-electron chi connectivity index (χ0n) is 23.2. The standard InChI is InChI=1S/C26H19F9N6O4S2/c27-16-9-13(1-6-18(16)45-23(28)29)10-36-21(42)17-12-40(24-39-20-19(46-24)11-37-22(38-20)26(33,34)35)7-8-41(17)47(43,44)15-4-2-14(3-5-15)25(30,31)32/h1-6,9,11,17,23H,7-8,10,12H2,(H,36,42)/t17-/m1/s1. The highest BCUT2D eigenvalue weighted by molar-refractivity contribution is 7.89. The Labute approximate surface area is 262 Å². The van der Waals surface area contributed by atoms with Crippen molar-refractivity contribution in [1.82, 2.24) is 24.6 Å². The van der Waals surface area contributed by atoms with E-state index in [4.69, 9.17) is 0 Å². The molecule has 1 saturated heterocycles. The Bertz CT molecular complexity index is 1890. The molecule has 47 heavy (non-hydrogen) atoms. The highest BCUT2D eigenvalue weighted by Gasteiger charge is 2.42. The average molecular weight is 715 g/mol. The normalized spacial score (nSPS) is 16.6. The predicted octanol–water partition coefficient (Wildman–Crippen LogP) is 5.06. The van der Waals surface area contributed by atoms with Crippen molar-refractivity contribution in [2.45, 2.75) is 36.4 Å². The number of hydrogen-bond acceptors (Lipinski definition) is 9. The van der Waals surface area contributed by atoms with Crippen molar-refractivity contribution in [2.75, 3.05) is 24.5 Å². The Kier molecular flexibility index (Phi) is 9.25. The molecule has 0 unspecified atom stereocenters. The number of alkyl halides is 8. The summed E-state index contributed by atoms with van der Waals surface area (Å²) in [5, 5.41) is 2.50. The van der Waals surface area contributed by atoms with Crippen LogP contribution in [0.25, 0.3) is 10.3 Å². The monoisotopic (exact) mass is 714 g/mol. The van der Waals surface area contributed by atoms with Crippen molar-refractivity contribution in [3.63, 3.8) is 0 Å². The maximum absolute atomic E-state index is 14.2. The van der Waals surface area contributed by atoms with E-state index in [0.717, 1.165) is 46.1 Å². The molecule has 0 bridgehead atoms. The van der Waals surface area contributed by atoms with Gasteiger partial charge in [-0.3, -0.25) is 4.79 Å². The van der Waals surface area contributed by atoms with E-state index in [1.807, 2.05) is 0 Å². The third kappa shape index (κ3) is 7.51. The molecule has 0 saturated carbocycles. The topological polar surface area (TPSA) is 118 Å². The van der Waals surface area contributed by atoms with Gasteiger partial charge in [-0.05, 0) is 42.0 Å². The van der Waals surface area contributed by atoms with Crippen molar-refractivity contribution in [2.24, 2.45) is 0 Å². The largest absolute Gasteiger partial charge is 0.451 e. The number of fused-ring (bicyclic) bond motifs is 1. The first-order valence-electron chi connectivity index (χ1n) is 13.1. The summed E-state index contributed by atoms with van der Waals surface area (Å²) in [6, 6.07) is 3.88. The fourth-order valence-electron chi connectivity index (χ4n) is 4.54. The number of benzene rings is 2. The minimum atomic E-state index is -4.85. The van der Waals surface area contributed by atoms with Gasteiger partial charge in [0.2, 0.25) is 21.8 Å². The Hall–Kier alpha value is -4.24. The SMILES string of the molecule is O=C(NCc1ccc(OC(F)F)c(F)c1)[C@H]1CN(c2nc3nc(C(F)(F)F)ncc3s2)CCN1S(=O)(=O)c1ccc(C(F)(F)F)cc1. The lowest BCUT2D eigenvalue weighted by Crippen LogP contribution is -2.60. The lowest BCUT2D eigenvalue weighted by atomic mass is 10.1. The van der Waals surface area contributed by atoms with Crippen LogP contribution in [0.3, 0.4) is 0 Å². The number of nitrogens with one attached hydrogen (secondary N) is 1. The summed E-state index contributed by atoms with van der Waals surface area (Å²) < 4.78 is 150. The molecule has 0 radical (unpaired) electrons. The van der Waals surface area contributed by atoms with Crippen molar-refractivity contribution in [1.29, 1.82) is 0 Å². The summed E-state index contributed by atoms with van der Waals surface area (Å²) in [6.07, 6.45) is -8.68. The fourth-order valence-corrected chi connectivity index (χ4v) is 7.02. The van der Waals surface area contributed by atoms with Gasteiger partial charge in [-0.2, -0.15) is 44.4 Å². The van der Waals surface area contributed by atoms with Crippen LogP contribution in [0.5, 0.6) is 5.75 Å². The molecular weight excluding hydrogens is 695 g/mol. The van der Waals surface area contributed by atoms with Crippen LogP contribution in [-0.4, -0.2) is 65.9 Å². The van der Waals surface area contributed by atoms with E-state index in [2.05, 4.69) is 25.0 Å². The molecule has 3 heterocycles. The van der Waals surface area contributed by atoms with Gasteiger partial charge in [-0.15, -0.1) is 0 Å². The molecule has 2 aromatic heterocycles. The zero-order valence-corrected chi connectivity index (χ0v) is 24.8. The third-order valence-electron chi connectivity index (χ3n) is 6.76. The first-order chi connectivity index (χ1) is 21.9. The molecule has 5 rings (SSSR count). The number of nitrogens with zero attached hydrogens (tertiary/aromatic N) is 5. The molecule has 1 aliphatic rings. The molecular formula is C26H19F9N6O4S2. The van der Waals surface area contributed by atoms with E-state index in [0.29, 0.717) is 12.1 Å². The number of hydrogen-bond donors (Lipinski definition) is 1. The number of piperazine rings is 1. The maximum Gasteiger partial charge on any atom is 0.451 e. The number of carbonyl (C=O) groups excluding carboxylic acids is 1. The summed E-state index contributed by atoms with van der Waals surface area (Å²) in [6.45, 7) is -4.67. The Balaban J connectivity index is 1.43. The number of aromatic nitrogens is 3. The van der Waals surface area contributed by atoms with E-state index in [-0.39, 0.29) is 27.6 Å². The zero-order chi connectivity index (χ0) is 34.3. The molecule has 2 aromatic carbocycles. The van der Waals surface area contributed by atoms with Gasteiger partial charge in [0.25, 0.3) is 0 Å². The van der Waals surface area contributed by atoms with Crippen molar-refractivity contribution < 1.29 is 57.5 Å². The van der Waals surface area contributed by atoms with Crippen LogP contribution in [0.4, 0.5) is 44.6 Å². The quantitative estimate of drug-likeness (QED) is 0.252. The molecule has 4 aromatic rings. The smallest absolute Gasteiger partial charge is 0.432 e. The molecule has 1 N–H and O–H groups in total. The number of amides is 1. The number of carbonyl (C=O) groups is 1. The van der Waals surface area contributed by atoms with E-state index >= 15 is 0 Å². The van der Waals surface area contributed by atoms with E-state index in [9.17, 15) is 52.7 Å². The van der Waals surface area contributed by atoms with E-state index < -0.39 is 88.4 Å². The molecule has 1 amide bonds. The fraction of sp³-hybridized carbons (Fsp3) is 0.308. The van der Waals surface area contributed by atoms with Crippen molar-refractivity contribution >= 4 is 42.7 Å². The van der Waals surface area contributed by atoms with Crippen LogP contribution in [0, 0.1) is 5.82 Å². The summed E-state index contributed by atoms with van der Waals surface area (Å²) >= 11 is 0.872. The number of sulfonamides is 1. The first kappa shape index (κ1) is 34.1. The van der Waals surface area contributed by atoms with E-state index in [1.54, 1.807) is 0 Å². The Morgan fingerprint density at radius 1 is 1.02 bits per heavy atom. The number of rotatable bonds is 8. The van der Waals surface area contributed by atoms with Gasteiger partial charge < -0.3 is 15.0 Å². The first-order valence-corrected chi connectivity index (χ1v) is 15.3. The number of ether oxygens (including phenoxy) is 1. The van der Waals surface area contributed by atoms with Gasteiger partial charge in [0.15, 0.2) is 22.3 Å². The molecule has 252 valence electrons. The summed E-state index contributed by atoms with van der Waals surface area (Å²) in [7, 11) is -4.61. The van der Waals surface area contributed by atoms with Crippen LogP contribution in [0.2, 0.25) is 0 Å². The second-order valence-electron chi connectivity index (χ2n) is 9.84. The minimum absolute atomic E-state index is 0.0764. The third-order valence-corrected chi connectivity index (χ3v) is 9.73. The summed E-state index contributed by atoms with van der Waals surface area (Å²) in [4.78, 5) is 25.1. The van der Waals surface area contributed by atoms with Crippen LogP contribution in [0.1, 0.15) is 17.0 Å². The predicted molar refractivity (Wildman–Crippen MR) is 146 cm³/mol. The summed E-state index contributed by atoms with van der Waals surface area (Å²) in [5.41, 5.74) is -1.33. The van der Waals surface area contributed by atoms with Gasteiger partial charge in [0.1, 0.15) is 6.04 Å². The highest BCUT2D eigenvalue weighted by Crippen LogP contribution is 2.34. The second kappa shape index (κ2) is 12.8. The highest BCUT2D eigenvalue weighted by atomic mass is 32.2. The minimum Gasteiger partial charge on any atom is -0.432 e. The van der Waals surface area contributed by atoms with Gasteiger partial charge in [-0.25, -0.2) is 22.8 Å². The van der Waals surface area contributed by atoms with Crippen molar-refractivity contribution in [3.8, 4) is 5.75 Å². The molecule has 10 nitrogen and oxygen atoms in total. The van der Waals surface area contributed by atoms with Crippen LogP contribution in [-0.2, 0) is 33.7 Å². The molecule has 0 spiro atoms. The molecule has 1 fully saturated rings. The van der Waals surface area contributed by atoms with E-state index in [1.165, 1.54) is 11.0 Å². The lowest BCUT2D eigenvalue weighted by Gasteiger charge is -2.39. The van der Waals surface area contributed by atoms with Gasteiger partial charge in [-0.1, -0.05) is 17.4 Å². The van der Waals surface area contributed by atoms with Crippen LogP contribution < -0.4 is 15.0 Å². The van der Waals surface area contributed by atoms with Gasteiger partial charge in [0, 0.05) is 26.2 Å². The molecule has 1 aliphatic heterocycles. The number of thiazole rings is 1. The van der Waals surface area contributed by atoms with Crippen LogP contribution in [0.15, 0.2) is 53.6 Å². The lowest BCUT2D eigenvalue weighted by molar-refractivity contribution is -0.144. The summed E-state index contributed by atoms with van der Waals surface area (Å²) in [5.74, 6) is -4.30. The Morgan fingerprint density at radius 3 is 2.34 bits per heavy atom. The molecule has 1 atom stereocenters. The average Bonchev–Trinajstić information content (AvgIpc) is 3.43. The van der Waals surface area contributed by atoms with Gasteiger partial charge in [0.05, 0.1) is 21.4 Å². The number of anilines is 1. The van der Waals surface area contributed by atoms with Gasteiger partial charge >= 0.3 is 19.0 Å². The number of halogens is 9. The van der Waals surface area contributed by atoms with Crippen LogP contribution >= 0.6 is 11.3 Å². The molecule has 21 heteroatoms. The maximum atomic E-state index is 14.2. The Morgan fingerprint density at radius 2 is 1.72 bits per heavy atom. The second-order valence-corrected chi connectivity index (χ2v) is 12.7. The molecule has 0 aliphatic carbocycles. The van der Waals surface area contributed by atoms with Crippen molar-refractivity contribution in [3.05, 3.63) is 71.4 Å².